The Balaban J connectivity index is 1.75. The van der Waals surface area contributed by atoms with E-state index in [1.807, 2.05) is 30.3 Å². The van der Waals surface area contributed by atoms with Crippen molar-refractivity contribution in [1.82, 2.24) is 5.32 Å². The molecule has 2 aromatic carbocycles. The van der Waals surface area contributed by atoms with Gasteiger partial charge in [0.25, 0.3) is 0 Å². The molecule has 1 amide bonds. The van der Waals surface area contributed by atoms with Crippen LogP contribution in [0.15, 0.2) is 53.0 Å². The third-order valence-corrected chi connectivity index (χ3v) is 3.91. The van der Waals surface area contributed by atoms with E-state index >= 15 is 0 Å². The molecule has 0 aliphatic heterocycles. The standard InChI is InChI=1S/C21H20BrNO4/c1-25-19-10-8-16(14-20(19)26-2)9-11-21(24)23-12-3-4-13-27-18-7-5-6-17(22)15-18/h5-11,14-15H,12-13H2,1-2H3,(H,23,24)/b11-9+. The molecule has 0 fully saturated rings. The van der Waals surface area contributed by atoms with Gasteiger partial charge in [-0.1, -0.05) is 39.9 Å². The normalized spacial score (nSPS) is 10.0. The van der Waals surface area contributed by atoms with E-state index in [4.69, 9.17) is 14.2 Å². The zero-order chi connectivity index (χ0) is 19.5. The molecule has 5 nitrogen and oxygen atoms in total. The summed E-state index contributed by atoms with van der Waals surface area (Å²) in [6, 6.07) is 12.9. The largest absolute Gasteiger partial charge is 0.493 e. The van der Waals surface area contributed by atoms with Crippen LogP contribution in [0.2, 0.25) is 0 Å². The molecule has 0 saturated carbocycles. The molecule has 0 aliphatic carbocycles. The van der Waals surface area contributed by atoms with Crippen molar-refractivity contribution in [3.8, 4) is 29.1 Å². The summed E-state index contributed by atoms with van der Waals surface area (Å²) in [6.45, 7) is 0.505. The third kappa shape index (κ3) is 7.08. The van der Waals surface area contributed by atoms with E-state index in [0.717, 1.165) is 15.8 Å². The van der Waals surface area contributed by atoms with Crippen LogP contribution in [-0.2, 0) is 4.79 Å². The number of hydrogen-bond donors (Lipinski definition) is 1. The highest BCUT2D eigenvalue weighted by Crippen LogP contribution is 2.27. The lowest BCUT2D eigenvalue weighted by molar-refractivity contribution is -0.116. The van der Waals surface area contributed by atoms with Crippen molar-refractivity contribution < 1.29 is 19.0 Å². The summed E-state index contributed by atoms with van der Waals surface area (Å²) in [5.74, 6) is 7.45. The van der Waals surface area contributed by atoms with E-state index in [1.165, 1.54) is 6.08 Å². The Kier molecular flexibility index (Phi) is 8.27. The number of halogens is 1. The molecule has 2 rings (SSSR count). The highest BCUT2D eigenvalue weighted by atomic mass is 79.9. The predicted molar refractivity (Wildman–Crippen MR) is 109 cm³/mol. The Morgan fingerprint density at radius 2 is 1.93 bits per heavy atom. The lowest BCUT2D eigenvalue weighted by Crippen LogP contribution is -2.21. The average molecular weight is 430 g/mol. The second kappa shape index (κ2) is 10.9. The molecule has 2 aromatic rings. The van der Waals surface area contributed by atoms with Crippen molar-refractivity contribution in [1.29, 1.82) is 0 Å². The SMILES string of the molecule is COc1ccc(/C=C/C(=O)NCC#CCOc2cccc(Br)c2)cc1OC. The molecule has 27 heavy (non-hydrogen) atoms. The average Bonchev–Trinajstić information content (AvgIpc) is 2.68. The first-order valence-corrected chi connectivity index (χ1v) is 8.93. The van der Waals surface area contributed by atoms with Crippen molar-refractivity contribution >= 4 is 27.9 Å². The maximum Gasteiger partial charge on any atom is 0.244 e. The number of carbonyl (C=O) groups excluding carboxylic acids is 1. The van der Waals surface area contributed by atoms with Gasteiger partial charge in [0, 0.05) is 10.5 Å². The smallest absolute Gasteiger partial charge is 0.244 e. The van der Waals surface area contributed by atoms with Gasteiger partial charge in [-0.25, -0.2) is 0 Å². The maximum atomic E-state index is 11.8. The monoisotopic (exact) mass is 429 g/mol. The van der Waals surface area contributed by atoms with Crippen LogP contribution < -0.4 is 19.5 Å². The Morgan fingerprint density at radius 1 is 1.11 bits per heavy atom. The molecule has 0 radical (unpaired) electrons. The number of nitrogens with one attached hydrogen (secondary N) is 1. The molecular formula is C21H20BrNO4. The maximum absolute atomic E-state index is 11.8. The highest BCUT2D eigenvalue weighted by Gasteiger charge is 2.03. The van der Waals surface area contributed by atoms with Crippen molar-refractivity contribution in [2.45, 2.75) is 0 Å². The van der Waals surface area contributed by atoms with E-state index < -0.39 is 0 Å². The number of ether oxygens (including phenoxy) is 3. The van der Waals surface area contributed by atoms with Crippen LogP contribution in [0.5, 0.6) is 17.2 Å². The van der Waals surface area contributed by atoms with Gasteiger partial charge in [0.2, 0.25) is 5.91 Å². The van der Waals surface area contributed by atoms with E-state index in [0.29, 0.717) is 11.5 Å². The van der Waals surface area contributed by atoms with Gasteiger partial charge in [0.05, 0.1) is 20.8 Å². The highest BCUT2D eigenvalue weighted by molar-refractivity contribution is 9.10. The zero-order valence-corrected chi connectivity index (χ0v) is 16.7. The molecule has 0 aromatic heterocycles. The number of hydrogen-bond acceptors (Lipinski definition) is 4. The second-order valence-electron chi connectivity index (χ2n) is 5.27. The van der Waals surface area contributed by atoms with Crippen LogP contribution in [0, 0.1) is 11.8 Å². The summed E-state index contributed by atoms with van der Waals surface area (Å²) in [4.78, 5) is 11.8. The van der Waals surface area contributed by atoms with Crippen molar-refractivity contribution in [2.75, 3.05) is 27.4 Å². The van der Waals surface area contributed by atoms with Crippen molar-refractivity contribution in [3.05, 3.63) is 58.6 Å². The van der Waals surface area contributed by atoms with Gasteiger partial charge in [0.1, 0.15) is 12.4 Å². The summed E-state index contributed by atoms with van der Waals surface area (Å²) in [5.41, 5.74) is 0.830. The van der Waals surface area contributed by atoms with E-state index in [9.17, 15) is 4.79 Å². The summed E-state index contributed by atoms with van der Waals surface area (Å²) in [5, 5.41) is 2.69. The molecule has 0 spiro atoms. The van der Waals surface area contributed by atoms with Gasteiger partial charge in [-0.15, -0.1) is 0 Å². The Bertz CT molecular complexity index is 868. The predicted octanol–water partition coefficient (Wildman–Crippen LogP) is 3.68. The third-order valence-electron chi connectivity index (χ3n) is 3.42. The number of rotatable bonds is 7. The summed E-state index contributed by atoms with van der Waals surface area (Å²) in [6.07, 6.45) is 3.14. The lowest BCUT2D eigenvalue weighted by Gasteiger charge is -2.07. The van der Waals surface area contributed by atoms with Gasteiger partial charge in [-0.2, -0.15) is 0 Å². The summed E-state index contributed by atoms with van der Waals surface area (Å²) < 4.78 is 16.8. The molecule has 0 saturated heterocycles. The minimum Gasteiger partial charge on any atom is -0.493 e. The van der Waals surface area contributed by atoms with Crippen LogP contribution in [-0.4, -0.2) is 33.3 Å². The van der Waals surface area contributed by atoms with Gasteiger partial charge >= 0.3 is 0 Å². The first-order valence-electron chi connectivity index (χ1n) is 8.14. The summed E-state index contributed by atoms with van der Waals surface area (Å²) in [7, 11) is 3.14. The molecule has 1 N–H and O–H groups in total. The molecule has 0 aliphatic rings. The lowest BCUT2D eigenvalue weighted by atomic mass is 10.2. The topological polar surface area (TPSA) is 56.8 Å². The quantitative estimate of drug-likeness (QED) is 0.538. The molecular weight excluding hydrogens is 410 g/mol. The molecule has 140 valence electrons. The number of methoxy groups -OCH3 is 2. The summed E-state index contributed by atoms with van der Waals surface area (Å²) >= 11 is 3.38. The first kappa shape index (κ1) is 20.4. The fraction of sp³-hybridized carbons (Fsp3) is 0.190. The van der Waals surface area contributed by atoms with E-state index in [-0.39, 0.29) is 19.1 Å². The van der Waals surface area contributed by atoms with Gasteiger partial charge < -0.3 is 19.5 Å². The fourth-order valence-electron chi connectivity index (χ4n) is 2.11. The van der Waals surface area contributed by atoms with Gasteiger partial charge in [0.15, 0.2) is 11.5 Å². The van der Waals surface area contributed by atoms with Crippen LogP contribution in [0.3, 0.4) is 0 Å². The van der Waals surface area contributed by atoms with E-state index in [2.05, 4.69) is 33.1 Å². The van der Waals surface area contributed by atoms with Crippen molar-refractivity contribution in [3.63, 3.8) is 0 Å². The van der Waals surface area contributed by atoms with Gasteiger partial charge in [-0.05, 0) is 42.0 Å². The minimum atomic E-state index is -0.230. The number of amides is 1. The van der Waals surface area contributed by atoms with Crippen LogP contribution >= 0.6 is 15.9 Å². The van der Waals surface area contributed by atoms with Crippen LogP contribution in [0.25, 0.3) is 6.08 Å². The molecule has 0 bridgehead atoms. The van der Waals surface area contributed by atoms with E-state index in [1.54, 1.807) is 32.4 Å². The molecule has 0 atom stereocenters. The first-order chi connectivity index (χ1) is 13.1. The number of carbonyl (C=O) groups is 1. The Hall–Kier alpha value is -2.91. The molecule has 0 unspecified atom stereocenters. The second-order valence-corrected chi connectivity index (χ2v) is 6.18. The molecule has 6 heteroatoms. The Morgan fingerprint density at radius 3 is 2.67 bits per heavy atom. The van der Waals surface area contributed by atoms with Crippen LogP contribution in [0.4, 0.5) is 0 Å². The zero-order valence-electron chi connectivity index (χ0n) is 15.1. The Labute approximate surface area is 167 Å². The fourth-order valence-corrected chi connectivity index (χ4v) is 2.49. The van der Waals surface area contributed by atoms with Crippen LogP contribution in [0.1, 0.15) is 5.56 Å². The molecule has 0 heterocycles. The van der Waals surface area contributed by atoms with Crippen molar-refractivity contribution in [2.24, 2.45) is 0 Å². The number of benzene rings is 2. The minimum absolute atomic E-state index is 0.230. The van der Waals surface area contributed by atoms with Gasteiger partial charge in [-0.3, -0.25) is 4.79 Å².